The summed E-state index contributed by atoms with van der Waals surface area (Å²) in [5, 5.41) is 20.2. The van der Waals surface area contributed by atoms with Crippen LogP contribution in [0.1, 0.15) is 6.92 Å². The van der Waals surface area contributed by atoms with Crippen LogP contribution in [0.15, 0.2) is 18.3 Å². The lowest BCUT2D eigenvalue weighted by Crippen LogP contribution is -2.33. The highest BCUT2D eigenvalue weighted by molar-refractivity contribution is 5.44. The molecule has 5 heteroatoms. The van der Waals surface area contributed by atoms with Crippen LogP contribution in [-0.2, 0) is 0 Å². The van der Waals surface area contributed by atoms with Gasteiger partial charge in [-0.25, -0.2) is 4.98 Å². The highest BCUT2D eigenvalue weighted by atomic mass is 16.5. The topological polar surface area (TPSA) is 91.4 Å². The van der Waals surface area contributed by atoms with E-state index in [0.717, 1.165) is 0 Å². The Morgan fingerprint density at radius 2 is 2.17 bits per heavy atom. The summed E-state index contributed by atoms with van der Waals surface area (Å²) in [5.41, 5.74) is 5.90. The Labute approximate surface area is 69.9 Å². The van der Waals surface area contributed by atoms with E-state index in [1.807, 2.05) is 0 Å². The van der Waals surface area contributed by atoms with Crippen molar-refractivity contribution < 1.29 is 10.2 Å². The van der Waals surface area contributed by atoms with E-state index in [9.17, 15) is 0 Å². The van der Waals surface area contributed by atoms with Crippen LogP contribution in [0.3, 0.4) is 0 Å². The second-order valence-electron chi connectivity index (χ2n) is 2.62. The van der Waals surface area contributed by atoms with Crippen molar-refractivity contribution in [2.24, 2.45) is 0 Å². The van der Waals surface area contributed by atoms with Crippen molar-refractivity contribution in [1.29, 1.82) is 0 Å². The van der Waals surface area contributed by atoms with Crippen LogP contribution in [0.2, 0.25) is 0 Å². The lowest BCUT2D eigenvalue weighted by Gasteiger charge is -2.17. The molecular weight excluding hydrogens is 158 g/mol. The van der Waals surface area contributed by atoms with Gasteiger partial charge in [-0.15, -0.1) is 0 Å². The predicted molar refractivity (Wildman–Crippen MR) is 45.1 cm³/mol. The minimum absolute atomic E-state index is 0.358. The third kappa shape index (κ3) is 2.73. The summed E-state index contributed by atoms with van der Waals surface area (Å²) >= 11 is 0. The number of nitrogen functional groups attached to an aromatic ring is 1. The quantitative estimate of drug-likeness (QED) is 0.457. The van der Waals surface area contributed by atoms with E-state index < -0.39 is 5.91 Å². The molecule has 0 aromatic carbocycles. The maximum atomic E-state index is 8.91. The number of nitrogens with two attached hydrogens (primary N) is 1. The number of aliphatic hydroxyl groups is 2. The highest BCUT2D eigenvalue weighted by Crippen LogP contribution is 2.09. The van der Waals surface area contributed by atoms with E-state index >= 15 is 0 Å². The standard InChI is InChI=1S/C7H11N3O2/c1-7(11,12)10-6-3-2-5(8)4-9-6/h2-4,11-12H,8H2,1H3,(H,9,10). The van der Waals surface area contributed by atoms with Crippen molar-refractivity contribution in [2.75, 3.05) is 11.1 Å². The molecule has 0 unspecified atom stereocenters. The fourth-order valence-electron chi connectivity index (χ4n) is 0.722. The lowest BCUT2D eigenvalue weighted by atomic mass is 10.4. The number of pyridine rings is 1. The molecule has 0 radical (unpaired) electrons. The van der Waals surface area contributed by atoms with Crippen molar-refractivity contribution in [2.45, 2.75) is 12.8 Å². The van der Waals surface area contributed by atoms with E-state index in [1.54, 1.807) is 12.1 Å². The average molecular weight is 169 g/mol. The van der Waals surface area contributed by atoms with Crippen molar-refractivity contribution in [3.8, 4) is 0 Å². The Balaban J connectivity index is 2.71. The molecule has 1 aromatic heterocycles. The zero-order valence-corrected chi connectivity index (χ0v) is 6.65. The van der Waals surface area contributed by atoms with Crippen LogP contribution < -0.4 is 11.1 Å². The number of rotatable bonds is 2. The Hall–Kier alpha value is -1.33. The number of nitrogens with one attached hydrogen (secondary N) is 1. The smallest absolute Gasteiger partial charge is 0.242 e. The van der Waals surface area contributed by atoms with Gasteiger partial charge in [0.05, 0.1) is 11.9 Å². The van der Waals surface area contributed by atoms with E-state index in [0.29, 0.717) is 11.5 Å². The number of nitrogens with zero attached hydrogens (tertiary/aromatic N) is 1. The third-order valence-electron chi connectivity index (χ3n) is 1.15. The van der Waals surface area contributed by atoms with Crippen molar-refractivity contribution in [1.82, 2.24) is 4.98 Å². The van der Waals surface area contributed by atoms with Gasteiger partial charge in [-0.1, -0.05) is 0 Å². The molecule has 0 saturated carbocycles. The molecule has 0 spiro atoms. The number of hydrogen-bond acceptors (Lipinski definition) is 5. The largest absolute Gasteiger partial charge is 0.397 e. The molecule has 0 aliphatic carbocycles. The average Bonchev–Trinajstić information content (AvgIpc) is 1.91. The summed E-state index contributed by atoms with van der Waals surface area (Å²) < 4.78 is 0. The molecule has 1 rings (SSSR count). The van der Waals surface area contributed by atoms with Gasteiger partial charge in [0.25, 0.3) is 0 Å². The number of aromatic nitrogens is 1. The van der Waals surface area contributed by atoms with Crippen LogP contribution in [0.5, 0.6) is 0 Å². The summed E-state index contributed by atoms with van der Waals surface area (Å²) in [4.78, 5) is 3.81. The molecular formula is C7H11N3O2. The van der Waals surface area contributed by atoms with Gasteiger partial charge in [-0.2, -0.15) is 0 Å². The molecule has 1 aromatic rings. The highest BCUT2D eigenvalue weighted by Gasteiger charge is 2.13. The summed E-state index contributed by atoms with van der Waals surface area (Å²) in [7, 11) is 0. The fourth-order valence-corrected chi connectivity index (χ4v) is 0.722. The van der Waals surface area contributed by atoms with Gasteiger partial charge in [0.1, 0.15) is 5.82 Å². The predicted octanol–water partition coefficient (Wildman–Crippen LogP) is -0.266. The zero-order chi connectivity index (χ0) is 9.19. The first kappa shape index (κ1) is 8.76. The molecule has 0 bridgehead atoms. The first-order valence-electron chi connectivity index (χ1n) is 3.42. The minimum atomic E-state index is -1.96. The number of anilines is 2. The van der Waals surface area contributed by atoms with Crippen LogP contribution in [0.25, 0.3) is 0 Å². The summed E-state index contributed by atoms with van der Waals surface area (Å²) in [6, 6.07) is 3.17. The molecule has 0 aliphatic rings. The van der Waals surface area contributed by atoms with Gasteiger partial charge in [0.2, 0.25) is 5.91 Å². The molecule has 5 nitrogen and oxygen atoms in total. The summed E-state index contributed by atoms with van der Waals surface area (Å²) in [6.07, 6.45) is 1.42. The molecule has 0 amide bonds. The van der Waals surface area contributed by atoms with Crippen LogP contribution >= 0.6 is 0 Å². The maximum Gasteiger partial charge on any atom is 0.242 e. The first-order valence-corrected chi connectivity index (χ1v) is 3.42. The molecule has 0 atom stereocenters. The Morgan fingerprint density at radius 1 is 1.50 bits per heavy atom. The van der Waals surface area contributed by atoms with E-state index in [2.05, 4.69) is 10.3 Å². The van der Waals surface area contributed by atoms with Gasteiger partial charge >= 0.3 is 0 Å². The van der Waals surface area contributed by atoms with Gasteiger partial charge < -0.3 is 21.3 Å². The fraction of sp³-hybridized carbons (Fsp3) is 0.286. The van der Waals surface area contributed by atoms with Crippen molar-refractivity contribution in [3.05, 3.63) is 18.3 Å². The van der Waals surface area contributed by atoms with Gasteiger partial charge in [0.15, 0.2) is 0 Å². The number of hydrogen-bond donors (Lipinski definition) is 4. The van der Waals surface area contributed by atoms with Crippen molar-refractivity contribution in [3.63, 3.8) is 0 Å². The molecule has 12 heavy (non-hydrogen) atoms. The third-order valence-corrected chi connectivity index (χ3v) is 1.15. The Kier molecular flexibility index (Phi) is 2.16. The van der Waals surface area contributed by atoms with E-state index in [4.69, 9.17) is 15.9 Å². The lowest BCUT2D eigenvalue weighted by molar-refractivity contribution is -0.119. The van der Waals surface area contributed by atoms with Crippen LogP contribution in [-0.4, -0.2) is 21.1 Å². The van der Waals surface area contributed by atoms with Gasteiger partial charge in [-0.3, -0.25) is 0 Å². The van der Waals surface area contributed by atoms with Gasteiger partial charge in [0, 0.05) is 6.92 Å². The van der Waals surface area contributed by atoms with Crippen LogP contribution in [0.4, 0.5) is 11.5 Å². The Morgan fingerprint density at radius 3 is 2.58 bits per heavy atom. The molecule has 1 heterocycles. The molecule has 0 aliphatic heterocycles. The minimum Gasteiger partial charge on any atom is -0.397 e. The second-order valence-corrected chi connectivity index (χ2v) is 2.62. The van der Waals surface area contributed by atoms with E-state index in [1.165, 1.54) is 13.1 Å². The summed E-state index contributed by atoms with van der Waals surface area (Å²) in [6.45, 7) is 1.20. The monoisotopic (exact) mass is 169 g/mol. The summed E-state index contributed by atoms with van der Waals surface area (Å²) in [5.74, 6) is -1.60. The van der Waals surface area contributed by atoms with Gasteiger partial charge in [-0.05, 0) is 12.1 Å². The molecule has 0 fully saturated rings. The zero-order valence-electron chi connectivity index (χ0n) is 6.65. The maximum absolute atomic E-state index is 8.91. The normalized spacial score (nSPS) is 11.2. The van der Waals surface area contributed by atoms with Crippen molar-refractivity contribution >= 4 is 11.5 Å². The second kappa shape index (κ2) is 2.96. The first-order chi connectivity index (χ1) is 5.47. The SMILES string of the molecule is CC(O)(O)Nc1ccc(N)cn1. The molecule has 66 valence electrons. The van der Waals surface area contributed by atoms with E-state index in [-0.39, 0.29) is 0 Å². The molecule has 0 saturated heterocycles. The Bertz CT molecular complexity index is 252. The van der Waals surface area contributed by atoms with Crippen LogP contribution in [0, 0.1) is 0 Å². The molecule has 5 N–H and O–H groups in total.